The van der Waals surface area contributed by atoms with E-state index in [9.17, 15) is 9.90 Å². The van der Waals surface area contributed by atoms with Gasteiger partial charge in [0.05, 0.1) is 11.0 Å². The van der Waals surface area contributed by atoms with Crippen molar-refractivity contribution in [2.45, 2.75) is 31.6 Å². The van der Waals surface area contributed by atoms with Crippen LogP contribution in [0.15, 0.2) is 0 Å². The number of carboxylic acids is 1. The number of nitrogen functional groups attached to an aromatic ring is 1. The third kappa shape index (κ3) is 1.30. The second-order valence-electron chi connectivity index (χ2n) is 4.24. The highest BCUT2D eigenvalue weighted by atomic mass is 32.1. The molecule has 0 aliphatic heterocycles. The van der Waals surface area contributed by atoms with Crippen molar-refractivity contribution in [3.8, 4) is 6.07 Å². The fourth-order valence-corrected chi connectivity index (χ4v) is 3.50. The molecule has 16 heavy (non-hydrogen) atoms. The van der Waals surface area contributed by atoms with Crippen molar-refractivity contribution < 1.29 is 9.90 Å². The first kappa shape index (κ1) is 11.0. The number of thiophene rings is 1. The molecule has 1 aliphatic carbocycles. The number of aliphatic carboxylic acids is 1. The largest absolute Gasteiger partial charge is 0.481 e. The van der Waals surface area contributed by atoms with E-state index in [2.05, 4.69) is 0 Å². The highest BCUT2D eigenvalue weighted by Gasteiger charge is 2.42. The van der Waals surface area contributed by atoms with Crippen LogP contribution in [0.4, 0.5) is 5.00 Å². The van der Waals surface area contributed by atoms with E-state index in [1.165, 1.54) is 11.3 Å². The number of anilines is 1. The maximum atomic E-state index is 11.4. The quantitative estimate of drug-likeness (QED) is 0.779. The predicted molar refractivity (Wildman–Crippen MR) is 61.4 cm³/mol. The molecule has 0 amide bonds. The van der Waals surface area contributed by atoms with Crippen molar-refractivity contribution in [1.29, 1.82) is 5.26 Å². The lowest BCUT2D eigenvalue weighted by molar-refractivity contribution is -0.143. The fraction of sp³-hybridized carbons (Fsp3) is 0.455. The van der Waals surface area contributed by atoms with E-state index < -0.39 is 11.4 Å². The molecule has 84 valence electrons. The van der Waals surface area contributed by atoms with Crippen molar-refractivity contribution in [2.75, 3.05) is 5.73 Å². The minimum absolute atomic E-state index is 0.365. The molecule has 0 spiro atoms. The Kier molecular flexibility index (Phi) is 2.39. The molecule has 1 aromatic rings. The minimum Gasteiger partial charge on any atom is -0.481 e. The van der Waals surface area contributed by atoms with Gasteiger partial charge in [-0.1, -0.05) is 0 Å². The van der Waals surface area contributed by atoms with E-state index in [0.29, 0.717) is 22.5 Å². The molecule has 4 nitrogen and oxygen atoms in total. The number of carbonyl (C=O) groups is 1. The molecule has 5 heteroatoms. The van der Waals surface area contributed by atoms with E-state index >= 15 is 0 Å². The summed E-state index contributed by atoms with van der Waals surface area (Å²) in [5, 5.41) is 18.8. The summed E-state index contributed by atoms with van der Waals surface area (Å²) in [6, 6.07) is 2.04. The van der Waals surface area contributed by atoms with Crippen LogP contribution in [0.25, 0.3) is 0 Å². The highest BCUT2D eigenvalue weighted by molar-refractivity contribution is 7.16. The van der Waals surface area contributed by atoms with Gasteiger partial charge < -0.3 is 10.8 Å². The van der Waals surface area contributed by atoms with E-state index in [1.807, 2.05) is 6.07 Å². The Bertz CT molecular complexity index is 501. The molecule has 0 saturated heterocycles. The Morgan fingerprint density at radius 3 is 2.94 bits per heavy atom. The van der Waals surface area contributed by atoms with Crippen molar-refractivity contribution in [1.82, 2.24) is 0 Å². The van der Waals surface area contributed by atoms with Gasteiger partial charge >= 0.3 is 5.97 Å². The zero-order valence-corrected chi connectivity index (χ0v) is 9.73. The first-order chi connectivity index (χ1) is 7.50. The molecular formula is C11H12N2O2S. The highest BCUT2D eigenvalue weighted by Crippen LogP contribution is 2.45. The van der Waals surface area contributed by atoms with Gasteiger partial charge in [0.2, 0.25) is 0 Å². The van der Waals surface area contributed by atoms with Crippen molar-refractivity contribution in [2.24, 2.45) is 0 Å². The van der Waals surface area contributed by atoms with E-state index in [1.54, 1.807) is 6.92 Å². The van der Waals surface area contributed by atoms with Gasteiger partial charge in [-0.3, -0.25) is 4.79 Å². The van der Waals surface area contributed by atoms with Crippen LogP contribution >= 0.6 is 11.3 Å². The molecular weight excluding hydrogens is 224 g/mol. The van der Waals surface area contributed by atoms with Gasteiger partial charge in [-0.15, -0.1) is 11.3 Å². The van der Waals surface area contributed by atoms with Crippen LogP contribution < -0.4 is 5.73 Å². The number of nitriles is 1. The van der Waals surface area contributed by atoms with Crippen LogP contribution in [-0.4, -0.2) is 11.1 Å². The number of hydrogen-bond acceptors (Lipinski definition) is 4. The predicted octanol–water partition coefficient (Wildman–Crippen LogP) is 1.88. The Labute approximate surface area is 97.3 Å². The minimum atomic E-state index is -0.952. The Morgan fingerprint density at radius 2 is 2.38 bits per heavy atom. The second-order valence-corrected chi connectivity index (χ2v) is 5.38. The van der Waals surface area contributed by atoms with Gasteiger partial charge in [-0.2, -0.15) is 5.26 Å². The summed E-state index contributed by atoms with van der Waals surface area (Å²) in [4.78, 5) is 12.3. The standard InChI is InChI=1S/C11H12N2O2S/c1-11(10(14)15)4-2-3-7-8(11)6(5-12)9(13)16-7/h2-4,13H2,1H3,(H,14,15)/t11-/m1/s1. The summed E-state index contributed by atoms with van der Waals surface area (Å²) in [5.74, 6) is -0.872. The molecule has 3 N–H and O–H groups in total. The fourth-order valence-electron chi connectivity index (χ4n) is 2.31. The number of nitrogens with two attached hydrogens (primary N) is 1. The van der Waals surface area contributed by atoms with Crippen LogP contribution in [0.2, 0.25) is 0 Å². The summed E-state index contributed by atoms with van der Waals surface area (Å²) in [6.45, 7) is 1.68. The summed E-state index contributed by atoms with van der Waals surface area (Å²) < 4.78 is 0. The molecule has 1 aromatic heterocycles. The number of rotatable bonds is 1. The SMILES string of the molecule is C[C@@]1(C(=O)O)CCCc2sc(N)c(C#N)c21. The number of carboxylic acid groups (broad SMARTS) is 1. The lowest BCUT2D eigenvalue weighted by Crippen LogP contribution is -2.36. The van der Waals surface area contributed by atoms with E-state index in [0.717, 1.165) is 17.7 Å². The average molecular weight is 236 g/mol. The number of aryl methyl sites for hydroxylation is 1. The first-order valence-corrected chi connectivity index (χ1v) is 5.87. The number of nitrogens with zero attached hydrogens (tertiary/aromatic N) is 1. The van der Waals surface area contributed by atoms with Gasteiger partial charge in [0, 0.05) is 10.4 Å². The molecule has 0 radical (unpaired) electrons. The molecule has 0 fully saturated rings. The van der Waals surface area contributed by atoms with Crippen molar-refractivity contribution in [3.63, 3.8) is 0 Å². The van der Waals surface area contributed by atoms with Crippen LogP contribution in [0, 0.1) is 11.3 Å². The van der Waals surface area contributed by atoms with Crippen molar-refractivity contribution >= 4 is 22.3 Å². The molecule has 1 heterocycles. The van der Waals surface area contributed by atoms with Crippen LogP contribution in [0.5, 0.6) is 0 Å². The van der Waals surface area contributed by atoms with Gasteiger partial charge in [-0.25, -0.2) is 0 Å². The topological polar surface area (TPSA) is 87.1 Å². The Hall–Kier alpha value is -1.54. The van der Waals surface area contributed by atoms with Crippen LogP contribution in [0.3, 0.4) is 0 Å². The maximum absolute atomic E-state index is 11.4. The van der Waals surface area contributed by atoms with Gasteiger partial charge in [-0.05, 0) is 26.2 Å². The summed E-state index contributed by atoms with van der Waals surface area (Å²) in [6.07, 6.45) is 2.23. The zero-order valence-electron chi connectivity index (χ0n) is 8.91. The van der Waals surface area contributed by atoms with Crippen LogP contribution in [-0.2, 0) is 16.6 Å². The molecule has 2 rings (SSSR count). The third-order valence-electron chi connectivity index (χ3n) is 3.22. The monoisotopic (exact) mass is 236 g/mol. The molecule has 0 bridgehead atoms. The molecule has 1 aliphatic rings. The zero-order chi connectivity index (χ0) is 11.9. The molecule has 0 aromatic carbocycles. The summed E-state index contributed by atoms with van der Waals surface area (Å²) in [5.41, 5.74) is 5.82. The second kappa shape index (κ2) is 3.49. The maximum Gasteiger partial charge on any atom is 0.313 e. The number of fused-ring (bicyclic) bond motifs is 1. The van der Waals surface area contributed by atoms with Crippen molar-refractivity contribution in [3.05, 3.63) is 16.0 Å². The Balaban J connectivity index is 2.71. The Morgan fingerprint density at radius 1 is 1.69 bits per heavy atom. The lowest BCUT2D eigenvalue weighted by Gasteiger charge is -2.29. The van der Waals surface area contributed by atoms with Crippen LogP contribution in [0.1, 0.15) is 35.8 Å². The average Bonchev–Trinajstić information content (AvgIpc) is 2.55. The summed E-state index contributed by atoms with van der Waals surface area (Å²) >= 11 is 1.35. The van der Waals surface area contributed by atoms with E-state index in [4.69, 9.17) is 11.0 Å². The molecule has 0 saturated carbocycles. The molecule has 1 atom stereocenters. The number of hydrogen-bond donors (Lipinski definition) is 2. The lowest BCUT2D eigenvalue weighted by atomic mass is 9.72. The first-order valence-electron chi connectivity index (χ1n) is 5.06. The van der Waals surface area contributed by atoms with Gasteiger partial charge in [0.15, 0.2) is 0 Å². The molecule has 0 unspecified atom stereocenters. The van der Waals surface area contributed by atoms with Gasteiger partial charge in [0.25, 0.3) is 0 Å². The normalized spacial score (nSPS) is 23.5. The smallest absolute Gasteiger partial charge is 0.313 e. The van der Waals surface area contributed by atoms with E-state index in [-0.39, 0.29) is 0 Å². The summed E-state index contributed by atoms with van der Waals surface area (Å²) in [7, 11) is 0. The third-order valence-corrected chi connectivity index (χ3v) is 4.30. The van der Waals surface area contributed by atoms with Gasteiger partial charge in [0.1, 0.15) is 11.1 Å².